The maximum Gasteiger partial charge on any atom is 0.219 e. The summed E-state index contributed by atoms with van der Waals surface area (Å²) in [6.07, 6.45) is 0. The second-order valence-electron chi connectivity index (χ2n) is 3.31. The Morgan fingerprint density at radius 3 is 2.64 bits per heavy atom. The van der Waals surface area contributed by atoms with Gasteiger partial charge in [-0.2, -0.15) is 0 Å². The SMILES string of the molecule is Cc1cc([B-]2OCC[NH2+]CCO2)on1. The van der Waals surface area contributed by atoms with Crippen molar-refractivity contribution in [2.45, 2.75) is 6.92 Å². The summed E-state index contributed by atoms with van der Waals surface area (Å²) in [4.78, 5) is 0. The lowest BCUT2D eigenvalue weighted by Gasteiger charge is -2.28. The van der Waals surface area contributed by atoms with Crippen LogP contribution in [-0.2, 0) is 9.31 Å². The summed E-state index contributed by atoms with van der Waals surface area (Å²) in [5.74, 6) is 0. The second-order valence-corrected chi connectivity index (χ2v) is 3.31. The third-order valence-corrected chi connectivity index (χ3v) is 2.06. The van der Waals surface area contributed by atoms with Crippen molar-refractivity contribution in [3.05, 3.63) is 11.8 Å². The number of nitrogens with two attached hydrogens (primary N) is 1. The number of nitrogens with zero attached hydrogens (tertiary/aromatic N) is 1. The standard InChI is InChI=1S/C8H13BN2O3/c1-7-6-8(14-11-7)9-12-4-2-10-3-5-13-9/h6,10H,2-5H2,1H3/q-1/p+1. The van der Waals surface area contributed by atoms with E-state index in [9.17, 15) is 0 Å². The van der Waals surface area contributed by atoms with Crippen LogP contribution in [0.15, 0.2) is 10.6 Å². The molecule has 1 aliphatic heterocycles. The van der Waals surface area contributed by atoms with E-state index in [1.54, 1.807) is 0 Å². The van der Waals surface area contributed by atoms with Crippen LogP contribution in [0.4, 0.5) is 0 Å². The molecule has 1 aromatic rings. The second kappa shape index (κ2) is 4.59. The van der Waals surface area contributed by atoms with Crippen molar-refractivity contribution in [3.8, 4) is 0 Å². The van der Waals surface area contributed by atoms with E-state index in [0.717, 1.165) is 18.8 Å². The monoisotopic (exact) mass is 197 g/mol. The van der Waals surface area contributed by atoms with Crippen molar-refractivity contribution in [2.24, 2.45) is 0 Å². The molecule has 0 amide bonds. The largest absolute Gasteiger partial charge is 0.580 e. The lowest BCUT2D eigenvalue weighted by molar-refractivity contribution is -0.657. The maximum absolute atomic E-state index is 5.50. The number of hydrogen-bond acceptors (Lipinski definition) is 4. The summed E-state index contributed by atoms with van der Waals surface area (Å²) in [5.41, 5.74) is 1.50. The zero-order chi connectivity index (χ0) is 9.80. The van der Waals surface area contributed by atoms with Gasteiger partial charge in [-0.25, -0.2) is 0 Å². The fourth-order valence-electron chi connectivity index (χ4n) is 1.37. The van der Waals surface area contributed by atoms with Gasteiger partial charge in [0.05, 0.1) is 32.0 Å². The summed E-state index contributed by atoms with van der Waals surface area (Å²) < 4.78 is 16.1. The summed E-state index contributed by atoms with van der Waals surface area (Å²) in [6, 6.07) is 1.84. The van der Waals surface area contributed by atoms with Crippen LogP contribution in [0.5, 0.6) is 0 Å². The van der Waals surface area contributed by atoms with E-state index in [1.165, 1.54) is 0 Å². The molecule has 1 aliphatic rings. The van der Waals surface area contributed by atoms with Gasteiger partial charge in [-0.3, -0.25) is 0 Å². The molecule has 1 saturated heterocycles. The Labute approximate surface area is 82.9 Å². The summed E-state index contributed by atoms with van der Waals surface area (Å²) >= 11 is 0. The Morgan fingerprint density at radius 2 is 2.07 bits per heavy atom. The van der Waals surface area contributed by atoms with Gasteiger partial charge in [0.2, 0.25) is 7.12 Å². The Kier molecular flexibility index (Phi) is 3.18. The number of quaternary nitrogens is 1. The van der Waals surface area contributed by atoms with Crippen LogP contribution in [0.3, 0.4) is 0 Å². The number of hydrogen-bond donors (Lipinski definition) is 1. The molecule has 0 aromatic carbocycles. The van der Waals surface area contributed by atoms with Gasteiger partial charge < -0.3 is 19.1 Å². The minimum Gasteiger partial charge on any atom is -0.580 e. The first-order valence-electron chi connectivity index (χ1n) is 4.84. The van der Waals surface area contributed by atoms with E-state index >= 15 is 0 Å². The fourth-order valence-corrected chi connectivity index (χ4v) is 1.37. The molecule has 6 heteroatoms. The highest BCUT2D eigenvalue weighted by Gasteiger charge is 2.10. The van der Waals surface area contributed by atoms with Gasteiger partial charge in [0.15, 0.2) is 0 Å². The van der Waals surface area contributed by atoms with E-state index < -0.39 is 0 Å². The lowest BCUT2D eigenvalue weighted by Crippen LogP contribution is -2.86. The highest BCUT2D eigenvalue weighted by atomic mass is 16.6. The van der Waals surface area contributed by atoms with Crippen LogP contribution in [-0.4, -0.2) is 38.6 Å². The Balaban J connectivity index is 2.00. The molecule has 14 heavy (non-hydrogen) atoms. The minimum atomic E-state index is -0.384. The molecule has 0 aliphatic carbocycles. The lowest BCUT2D eigenvalue weighted by atomic mass is 9.85. The van der Waals surface area contributed by atoms with Gasteiger partial charge in [0, 0.05) is 5.66 Å². The highest BCUT2D eigenvalue weighted by molar-refractivity contribution is 6.59. The van der Waals surface area contributed by atoms with E-state index in [4.69, 9.17) is 13.8 Å². The molecule has 2 heterocycles. The fraction of sp³-hybridized carbons (Fsp3) is 0.625. The van der Waals surface area contributed by atoms with Crippen molar-refractivity contribution in [1.29, 1.82) is 0 Å². The molecular weight excluding hydrogens is 183 g/mol. The average Bonchev–Trinajstić information content (AvgIpc) is 2.51. The van der Waals surface area contributed by atoms with E-state index in [1.807, 2.05) is 13.0 Å². The molecule has 77 valence electrons. The first kappa shape index (κ1) is 9.70. The molecule has 1 fully saturated rings. The summed E-state index contributed by atoms with van der Waals surface area (Å²) in [7, 11) is -0.384. The van der Waals surface area contributed by atoms with Crippen molar-refractivity contribution in [3.63, 3.8) is 0 Å². The third kappa shape index (κ3) is 2.34. The highest BCUT2D eigenvalue weighted by Crippen LogP contribution is 1.96. The van der Waals surface area contributed by atoms with Gasteiger partial charge in [0.25, 0.3) is 0 Å². The molecule has 0 atom stereocenters. The Morgan fingerprint density at radius 1 is 1.36 bits per heavy atom. The van der Waals surface area contributed by atoms with Gasteiger partial charge in [-0.15, -0.1) is 0 Å². The molecule has 1 radical (unpaired) electrons. The number of rotatable bonds is 1. The predicted molar refractivity (Wildman–Crippen MR) is 50.2 cm³/mol. The van der Waals surface area contributed by atoms with Crippen LogP contribution >= 0.6 is 0 Å². The van der Waals surface area contributed by atoms with E-state index in [0.29, 0.717) is 18.9 Å². The molecule has 2 N–H and O–H groups in total. The summed E-state index contributed by atoms with van der Waals surface area (Å²) in [6.45, 7) is 5.15. The molecule has 0 bridgehead atoms. The zero-order valence-electron chi connectivity index (χ0n) is 8.23. The van der Waals surface area contributed by atoms with Crippen molar-refractivity contribution in [2.75, 3.05) is 26.3 Å². The molecular formula is C8H14BN2O3. The summed E-state index contributed by atoms with van der Waals surface area (Å²) in [5, 5.41) is 5.97. The molecule has 0 unspecified atom stereocenters. The molecule has 0 spiro atoms. The third-order valence-electron chi connectivity index (χ3n) is 2.06. The molecule has 5 nitrogen and oxygen atoms in total. The van der Waals surface area contributed by atoms with Crippen molar-refractivity contribution >= 4 is 12.8 Å². The van der Waals surface area contributed by atoms with Gasteiger partial charge in [-0.1, -0.05) is 5.16 Å². The van der Waals surface area contributed by atoms with Crippen LogP contribution in [0.2, 0.25) is 0 Å². The average molecular weight is 197 g/mol. The number of aromatic nitrogens is 1. The van der Waals surface area contributed by atoms with E-state index in [-0.39, 0.29) is 7.12 Å². The topological polar surface area (TPSA) is 61.1 Å². The normalized spacial score (nSPS) is 20.4. The first-order chi connectivity index (χ1) is 6.86. The zero-order valence-corrected chi connectivity index (χ0v) is 8.23. The van der Waals surface area contributed by atoms with Crippen molar-refractivity contribution < 1.29 is 19.1 Å². The van der Waals surface area contributed by atoms with Gasteiger partial charge in [0.1, 0.15) is 0 Å². The van der Waals surface area contributed by atoms with E-state index in [2.05, 4.69) is 10.5 Å². The minimum absolute atomic E-state index is 0.384. The predicted octanol–water partition coefficient (Wildman–Crippen LogP) is -1.71. The first-order valence-corrected chi connectivity index (χ1v) is 4.84. The quantitative estimate of drug-likeness (QED) is 0.544. The maximum atomic E-state index is 5.50. The molecule has 0 saturated carbocycles. The Bertz CT molecular complexity index is 284. The molecule has 2 rings (SSSR count). The van der Waals surface area contributed by atoms with Gasteiger partial charge >= 0.3 is 0 Å². The van der Waals surface area contributed by atoms with Crippen molar-refractivity contribution in [1.82, 2.24) is 5.16 Å². The van der Waals surface area contributed by atoms with Crippen LogP contribution < -0.4 is 11.0 Å². The van der Waals surface area contributed by atoms with Gasteiger partial charge in [-0.05, 0) is 13.0 Å². The Hall–Kier alpha value is -0.845. The number of aryl methyl sites for hydroxylation is 1. The van der Waals surface area contributed by atoms with Crippen LogP contribution in [0, 0.1) is 6.92 Å². The molecule has 1 aromatic heterocycles. The van der Waals surface area contributed by atoms with Crippen LogP contribution in [0.1, 0.15) is 5.69 Å². The van der Waals surface area contributed by atoms with Crippen LogP contribution in [0.25, 0.3) is 0 Å². The smallest absolute Gasteiger partial charge is 0.219 e.